The van der Waals surface area contributed by atoms with E-state index in [0.29, 0.717) is 11.8 Å². The van der Waals surface area contributed by atoms with Gasteiger partial charge in [-0.25, -0.2) is 0 Å². The quantitative estimate of drug-likeness (QED) is 0.691. The first-order chi connectivity index (χ1) is 10.6. The number of carbonyl (C=O) groups is 1. The molecule has 1 aliphatic rings. The summed E-state index contributed by atoms with van der Waals surface area (Å²) in [4.78, 5) is 15.2. The number of ketones is 1. The number of hydrogen-bond acceptors (Lipinski definition) is 2. The SMILES string of the molecule is CCCN(CCC)C1CCc2cccc(C(=O)C(C)C)c2C1. The van der Waals surface area contributed by atoms with Gasteiger partial charge < -0.3 is 4.90 Å². The second kappa shape index (κ2) is 7.92. The summed E-state index contributed by atoms with van der Waals surface area (Å²) in [6.07, 6.45) is 5.80. The molecule has 1 aromatic rings. The predicted octanol–water partition coefficient (Wildman–Crippen LogP) is 4.50. The maximum Gasteiger partial charge on any atom is 0.165 e. The van der Waals surface area contributed by atoms with Crippen LogP contribution < -0.4 is 0 Å². The highest BCUT2D eigenvalue weighted by molar-refractivity contribution is 5.99. The van der Waals surface area contributed by atoms with E-state index in [9.17, 15) is 4.79 Å². The number of nitrogens with zero attached hydrogens (tertiary/aromatic N) is 1. The molecule has 1 unspecified atom stereocenters. The average Bonchev–Trinajstić information content (AvgIpc) is 2.52. The zero-order chi connectivity index (χ0) is 16.1. The van der Waals surface area contributed by atoms with Gasteiger partial charge in [0.15, 0.2) is 5.78 Å². The highest BCUT2D eigenvalue weighted by Crippen LogP contribution is 2.29. The van der Waals surface area contributed by atoms with Crippen molar-refractivity contribution in [3.05, 3.63) is 34.9 Å². The topological polar surface area (TPSA) is 20.3 Å². The molecule has 1 aromatic carbocycles. The molecule has 0 saturated heterocycles. The Morgan fingerprint density at radius 3 is 2.50 bits per heavy atom. The van der Waals surface area contributed by atoms with Crippen LogP contribution in [0.1, 0.15) is 68.4 Å². The molecule has 0 radical (unpaired) electrons. The Bertz CT molecular complexity index is 500. The van der Waals surface area contributed by atoms with Gasteiger partial charge in [-0.15, -0.1) is 0 Å². The first kappa shape index (κ1) is 17.2. The number of hydrogen-bond donors (Lipinski definition) is 0. The minimum Gasteiger partial charge on any atom is -0.300 e. The lowest BCUT2D eigenvalue weighted by Gasteiger charge is -2.35. The van der Waals surface area contributed by atoms with Crippen molar-refractivity contribution < 1.29 is 4.79 Å². The summed E-state index contributed by atoms with van der Waals surface area (Å²) in [6.45, 7) is 10.9. The molecule has 0 heterocycles. The van der Waals surface area contributed by atoms with Crippen LogP contribution in [0.5, 0.6) is 0 Å². The smallest absolute Gasteiger partial charge is 0.165 e. The van der Waals surface area contributed by atoms with Gasteiger partial charge in [0, 0.05) is 17.5 Å². The fraction of sp³-hybridized carbons (Fsp3) is 0.650. The number of fused-ring (bicyclic) bond motifs is 1. The van der Waals surface area contributed by atoms with Gasteiger partial charge in [-0.1, -0.05) is 45.9 Å². The van der Waals surface area contributed by atoms with E-state index in [4.69, 9.17) is 0 Å². The van der Waals surface area contributed by atoms with Crippen LogP contribution >= 0.6 is 0 Å². The van der Waals surface area contributed by atoms with Gasteiger partial charge in [-0.3, -0.25) is 4.79 Å². The molecule has 0 saturated carbocycles. The molecule has 0 amide bonds. The van der Waals surface area contributed by atoms with Crippen LogP contribution in [-0.2, 0) is 12.8 Å². The maximum absolute atomic E-state index is 12.5. The molecule has 122 valence electrons. The zero-order valence-corrected chi connectivity index (χ0v) is 14.7. The van der Waals surface area contributed by atoms with Crippen LogP contribution in [0.2, 0.25) is 0 Å². The van der Waals surface area contributed by atoms with Gasteiger partial charge >= 0.3 is 0 Å². The van der Waals surface area contributed by atoms with Crippen LogP contribution in [-0.4, -0.2) is 29.8 Å². The first-order valence-electron chi connectivity index (χ1n) is 8.97. The van der Waals surface area contributed by atoms with Crippen molar-refractivity contribution in [2.45, 2.75) is 65.8 Å². The summed E-state index contributed by atoms with van der Waals surface area (Å²) >= 11 is 0. The van der Waals surface area contributed by atoms with E-state index in [-0.39, 0.29) is 5.92 Å². The molecule has 0 N–H and O–H groups in total. The van der Waals surface area contributed by atoms with Crippen LogP contribution in [0.4, 0.5) is 0 Å². The molecule has 0 bridgehead atoms. The van der Waals surface area contributed by atoms with Crippen molar-refractivity contribution in [2.75, 3.05) is 13.1 Å². The maximum atomic E-state index is 12.5. The second-order valence-electron chi connectivity index (χ2n) is 6.89. The Morgan fingerprint density at radius 2 is 1.91 bits per heavy atom. The highest BCUT2D eigenvalue weighted by atomic mass is 16.1. The van der Waals surface area contributed by atoms with E-state index >= 15 is 0 Å². The van der Waals surface area contributed by atoms with Crippen LogP contribution in [0, 0.1) is 5.92 Å². The largest absolute Gasteiger partial charge is 0.300 e. The average molecular weight is 301 g/mol. The van der Waals surface area contributed by atoms with E-state index < -0.39 is 0 Å². The molecule has 2 nitrogen and oxygen atoms in total. The summed E-state index contributed by atoms with van der Waals surface area (Å²) in [5.74, 6) is 0.379. The van der Waals surface area contributed by atoms with Crippen molar-refractivity contribution in [3.63, 3.8) is 0 Å². The van der Waals surface area contributed by atoms with Crippen molar-refractivity contribution in [1.29, 1.82) is 0 Å². The highest BCUT2D eigenvalue weighted by Gasteiger charge is 2.27. The van der Waals surface area contributed by atoms with Crippen LogP contribution in [0.3, 0.4) is 0 Å². The predicted molar refractivity (Wildman–Crippen MR) is 93.6 cm³/mol. The molecule has 2 heteroatoms. The van der Waals surface area contributed by atoms with E-state index in [1.165, 1.54) is 43.5 Å². The summed E-state index contributed by atoms with van der Waals surface area (Å²) in [6, 6.07) is 6.92. The van der Waals surface area contributed by atoms with Gasteiger partial charge in [0.05, 0.1) is 0 Å². The van der Waals surface area contributed by atoms with Gasteiger partial charge in [0.1, 0.15) is 0 Å². The Kier molecular flexibility index (Phi) is 6.19. The molecule has 0 fully saturated rings. The third-order valence-electron chi connectivity index (χ3n) is 4.79. The minimum atomic E-state index is 0.0780. The number of aryl methyl sites for hydroxylation is 1. The third kappa shape index (κ3) is 3.78. The fourth-order valence-electron chi connectivity index (χ4n) is 3.67. The van der Waals surface area contributed by atoms with Crippen molar-refractivity contribution in [2.24, 2.45) is 5.92 Å². The van der Waals surface area contributed by atoms with Gasteiger partial charge in [0.2, 0.25) is 0 Å². The van der Waals surface area contributed by atoms with Crippen LogP contribution in [0.15, 0.2) is 18.2 Å². The minimum absolute atomic E-state index is 0.0780. The fourth-order valence-corrected chi connectivity index (χ4v) is 3.67. The monoisotopic (exact) mass is 301 g/mol. The summed E-state index contributed by atoms with van der Waals surface area (Å²) in [7, 11) is 0. The Morgan fingerprint density at radius 1 is 1.23 bits per heavy atom. The standard InChI is InChI=1S/C20H31NO/c1-5-12-21(13-6-2)17-11-10-16-8-7-9-18(19(16)14-17)20(22)15(3)4/h7-9,15,17H,5-6,10-14H2,1-4H3. The normalized spacial score (nSPS) is 17.8. The first-order valence-corrected chi connectivity index (χ1v) is 8.97. The van der Waals surface area contributed by atoms with Gasteiger partial charge in [-0.05, 0) is 56.3 Å². The number of Topliss-reactive ketones (excluding diaryl/α,β-unsaturated/α-hetero) is 1. The molecule has 22 heavy (non-hydrogen) atoms. The Hall–Kier alpha value is -1.15. The van der Waals surface area contributed by atoms with E-state index in [0.717, 1.165) is 18.4 Å². The van der Waals surface area contributed by atoms with Crippen molar-refractivity contribution in [1.82, 2.24) is 4.90 Å². The third-order valence-corrected chi connectivity index (χ3v) is 4.79. The lowest BCUT2D eigenvalue weighted by Crippen LogP contribution is -2.40. The molecule has 2 rings (SSSR count). The molecule has 0 aromatic heterocycles. The van der Waals surface area contributed by atoms with E-state index in [2.05, 4.69) is 30.9 Å². The summed E-state index contributed by atoms with van der Waals surface area (Å²) in [5.41, 5.74) is 3.70. The molecule has 0 spiro atoms. The number of benzene rings is 1. The lowest BCUT2D eigenvalue weighted by molar-refractivity contribution is 0.0937. The van der Waals surface area contributed by atoms with Gasteiger partial charge in [0.25, 0.3) is 0 Å². The molecular weight excluding hydrogens is 270 g/mol. The van der Waals surface area contributed by atoms with Crippen molar-refractivity contribution in [3.8, 4) is 0 Å². The number of rotatable bonds is 7. The lowest BCUT2D eigenvalue weighted by atomic mass is 9.82. The summed E-state index contributed by atoms with van der Waals surface area (Å²) < 4.78 is 0. The second-order valence-corrected chi connectivity index (χ2v) is 6.89. The van der Waals surface area contributed by atoms with Gasteiger partial charge in [-0.2, -0.15) is 0 Å². The Balaban J connectivity index is 2.26. The molecule has 1 aliphatic carbocycles. The summed E-state index contributed by atoms with van der Waals surface area (Å²) in [5, 5.41) is 0. The van der Waals surface area contributed by atoms with Crippen LogP contribution in [0.25, 0.3) is 0 Å². The van der Waals surface area contributed by atoms with Crippen molar-refractivity contribution >= 4 is 5.78 Å². The number of carbonyl (C=O) groups excluding carboxylic acids is 1. The Labute approximate surface area is 135 Å². The molecular formula is C20H31NO. The molecule has 0 aliphatic heterocycles. The zero-order valence-electron chi connectivity index (χ0n) is 14.7. The van der Waals surface area contributed by atoms with E-state index in [1.807, 2.05) is 19.9 Å². The molecule has 1 atom stereocenters. The van der Waals surface area contributed by atoms with E-state index in [1.54, 1.807) is 0 Å².